The number of rotatable bonds is 10. The fourth-order valence-electron chi connectivity index (χ4n) is 4.30. The van der Waals surface area contributed by atoms with Gasteiger partial charge in [-0.1, -0.05) is 12.2 Å². The number of hydrogen-bond donors (Lipinski definition) is 0. The van der Waals surface area contributed by atoms with Gasteiger partial charge in [-0.3, -0.25) is 0 Å². The van der Waals surface area contributed by atoms with Gasteiger partial charge < -0.3 is 28.4 Å². The van der Waals surface area contributed by atoms with Crippen molar-refractivity contribution < 1.29 is 28.4 Å². The van der Waals surface area contributed by atoms with Crippen LogP contribution in [-0.4, -0.2) is 61.4 Å². The highest BCUT2D eigenvalue weighted by atomic mass is 16.8. The van der Waals surface area contributed by atoms with Gasteiger partial charge in [0.25, 0.3) is 0 Å². The zero-order valence-corrected chi connectivity index (χ0v) is 17.7. The van der Waals surface area contributed by atoms with Gasteiger partial charge in [-0.15, -0.1) is 13.2 Å². The van der Waals surface area contributed by atoms with Crippen molar-refractivity contribution in [1.29, 1.82) is 0 Å². The molecule has 160 valence electrons. The molecule has 3 rings (SSSR count). The van der Waals surface area contributed by atoms with E-state index in [9.17, 15) is 0 Å². The molecule has 0 radical (unpaired) electrons. The van der Waals surface area contributed by atoms with Crippen LogP contribution in [0.1, 0.15) is 53.4 Å². The van der Waals surface area contributed by atoms with Crippen LogP contribution in [0.4, 0.5) is 0 Å². The second-order valence-electron chi connectivity index (χ2n) is 8.66. The zero-order valence-electron chi connectivity index (χ0n) is 17.7. The molecule has 2 aliphatic heterocycles. The van der Waals surface area contributed by atoms with E-state index in [-0.39, 0.29) is 36.6 Å². The molecule has 0 bridgehead atoms. The molecule has 6 nitrogen and oxygen atoms in total. The average molecular weight is 397 g/mol. The molecule has 6 heteroatoms. The first-order valence-electron chi connectivity index (χ1n) is 10.4. The molecular weight excluding hydrogens is 360 g/mol. The Labute approximate surface area is 169 Å². The zero-order chi connectivity index (χ0) is 20.4. The van der Waals surface area contributed by atoms with Crippen LogP contribution in [0.2, 0.25) is 0 Å². The van der Waals surface area contributed by atoms with Crippen molar-refractivity contribution in [3.63, 3.8) is 0 Å². The van der Waals surface area contributed by atoms with E-state index in [1.165, 1.54) is 0 Å². The standard InChI is InChI=1S/C22H36O6/c1-7-9-11-13-23-15-16(24-14-12-10-8-2)18-20(28-22(5,6)26-18)19-17(15)25-21(3,4)27-19/h7-8,15-20H,1-2,9-14H2,3-6H3/t15-,16-,17+,18+,19+,20+/m1/s1. The van der Waals surface area contributed by atoms with Gasteiger partial charge in [-0.05, 0) is 53.4 Å². The first-order chi connectivity index (χ1) is 13.3. The molecule has 0 amide bonds. The lowest BCUT2D eigenvalue weighted by molar-refractivity contribution is -0.206. The van der Waals surface area contributed by atoms with Gasteiger partial charge in [0.15, 0.2) is 11.6 Å². The molecule has 6 atom stereocenters. The van der Waals surface area contributed by atoms with Crippen molar-refractivity contribution in [2.24, 2.45) is 0 Å². The summed E-state index contributed by atoms with van der Waals surface area (Å²) in [6, 6.07) is 0. The maximum Gasteiger partial charge on any atom is 0.164 e. The van der Waals surface area contributed by atoms with Crippen molar-refractivity contribution in [3.8, 4) is 0 Å². The Hall–Kier alpha value is -0.760. The fourth-order valence-corrected chi connectivity index (χ4v) is 4.30. The molecule has 2 heterocycles. The van der Waals surface area contributed by atoms with Crippen LogP contribution in [0.15, 0.2) is 25.3 Å². The van der Waals surface area contributed by atoms with Gasteiger partial charge in [0.1, 0.15) is 36.6 Å². The molecule has 0 spiro atoms. The van der Waals surface area contributed by atoms with Crippen LogP contribution < -0.4 is 0 Å². The summed E-state index contributed by atoms with van der Waals surface area (Å²) in [7, 11) is 0. The van der Waals surface area contributed by atoms with Crippen molar-refractivity contribution in [2.75, 3.05) is 13.2 Å². The Bertz CT molecular complexity index is 497. The first kappa shape index (κ1) is 21.9. The third-order valence-corrected chi connectivity index (χ3v) is 5.35. The summed E-state index contributed by atoms with van der Waals surface area (Å²) in [6.07, 6.45) is 5.85. The van der Waals surface area contributed by atoms with Crippen molar-refractivity contribution in [1.82, 2.24) is 0 Å². The molecule has 2 saturated heterocycles. The monoisotopic (exact) mass is 396 g/mol. The summed E-state index contributed by atoms with van der Waals surface area (Å²) in [6.45, 7) is 16.5. The van der Waals surface area contributed by atoms with E-state index in [0.29, 0.717) is 13.2 Å². The highest BCUT2D eigenvalue weighted by Gasteiger charge is 2.64. The Balaban J connectivity index is 1.80. The molecular formula is C22H36O6. The molecule has 1 aliphatic carbocycles. The summed E-state index contributed by atoms with van der Waals surface area (Å²) in [4.78, 5) is 0. The summed E-state index contributed by atoms with van der Waals surface area (Å²) in [5.41, 5.74) is 0. The van der Waals surface area contributed by atoms with E-state index >= 15 is 0 Å². The highest BCUT2D eigenvalue weighted by Crippen LogP contribution is 2.46. The maximum absolute atomic E-state index is 6.30. The molecule has 0 unspecified atom stereocenters. The van der Waals surface area contributed by atoms with E-state index in [1.54, 1.807) is 0 Å². The molecule has 3 fully saturated rings. The molecule has 0 aromatic rings. The molecule has 28 heavy (non-hydrogen) atoms. The Morgan fingerprint density at radius 1 is 0.679 bits per heavy atom. The molecule has 3 aliphatic rings. The van der Waals surface area contributed by atoms with Crippen molar-refractivity contribution in [2.45, 2.75) is 102 Å². The van der Waals surface area contributed by atoms with Crippen LogP contribution in [0.5, 0.6) is 0 Å². The lowest BCUT2D eigenvalue weighted by Crippen LogP contribution is -2.63. The van der Waals surface area contributed by atoms with E-state index in [4.69, 9.17) is 28.4 Å². The van der Waals surface area contributed by atoms with Crippen LogP contribution in [0.3, 0.4) is 0 Å². The van der Waals surface area contributed by atoms with E-state index in [0.717, 1.165) is 25.7 Å². The summed E-state index contributed by atoms with van der Waals surface area (Å²) in [5, 5.41) is 0. The number of allylic oxidation sites excluding steroid dienone is 2. The molecule has 0 N–H and O–H groups in total. The van der Waals surface area contributed by atoms with Gasteiger partial charge in [-0.25, -0.2) is 0 Å². The summed E-state index contributed by atoms with van der Waals surface area (Å²) in [5.74, 6) is -1.40. The van der Waals surface area contributed by atoms with Crippen LogP contribution >= 0.6 is 0 Å². The predicted molar refractivity (Wildman–Crippen MR) is 106 cm³/mol. The average Bonchev–Trinajstić information content (AvgIpc) is 3.11. The van der Waals surface area contributed by atoms with Crippen LogP contribution in [-0.2, 0) is 28.4 Å². The van der Waals surface area contributed by atoms with Gasteiger partial charge in [-0.2, -0.15) is 0 Å². The minimum absolute atomic E-state index is 0.251. The smallest absolute Gasteiger partial charge is 0.164 e. The normalized spacial score (nSPS) is 38.0. The topological polar surface area (TPSA) is 55.4 Å². The Morgan fingerprint density at radius 3 is 1.39 bits per heavy atom. The molecule has 0 aromatic heterocycles. The van der Waals surface area contributed by atoms with E-state index < -0.39 is 11.6 Å². The minimum atomic E-state index is -0.698. The van der Waals surface area contributed by atoms with E-state index in [1.807, 2.05) is 39.8 Å². The van der Waals surface area contributed by atoms with Crippen molar-refractivity contribution >= 4 is 0 Å². The molecule has 1 saturated carbocycles. The van der Waals surface area contributed by atoms with Gasteiger partial charge in [0, 0.05) is 13.2 Å². The number of fused-ring (bicyclic) bond motifs is 3. The summed E-state index contributed by atoms with van der Waals surface area (Å²) < 4.78 is 37.6. The van der Waals surface area contributed by atoms with Crippen molar-refractivity contribution in [3.05, 3.63) is 25.3 Å². The lowest BCUT2D eigenvalue weighted by atomic mass is 9.84. The SMILES string of the molecule is C=CCCCO[C@@H]1[C@@H](OCCCC=C)[C@@H]2OC(C)(C)O[C@@H]2[C@H]2OC(C)(C)O[C@@H]12. The minimum Gasteiger partial charge on any atom is -0.373 e. The van der Waals surface area contributed by atoms with E-state index in [2.05, 4.69) is 13.2 Å². The number of unbranched alkanes of at least 4 members (excludes halogenated alkanes) is 2. The number of ether oxygens (including phenoxy) is 6. The van der Waals surface area contributed by atoms with Gasteiger partial charge >= 0.3 is 0 Å². The van der Waals surface area contributed by atoms with Crippen LogP contribution in [0, 0.1) is 0 Å². The summed E-state index contributed by atoms with van der Waals surface area (Å²) >= 11 is 0. The first-order valence-corrected chi connectivity index (χ1v) is 10.4. The largest absolute Gasteiger partial charge is 0.373 e. The van der Waals surface area contributed by atoms with Gasteiger partial charge in [0.2, 0.25) is 0 Å². The Kier molecular flexibility index (Phi) is 7.00. The third-order valence-electron chi connectivity index (χ3n) is 5.35. The highest BCUT2D eigenvalue weighted by molar-refractivity contribution is 5.09. The lowest BCUT2D eigenvalue weighted by Gasteiger charge is -2.42. The molecule has 0 aromatic carbocycles. The predicted octanol–water partition coefficient (Wildman–Crippen LogP) is 3.74. The van der Waals surface area contributed by atoms with Gasteiger partial charge in [0.05, 0.1) is 0 Å². The third kappa shape index (κ3) is 4.86. The number of hydrogen-bond acceptors (Lipinski definition) is 6. The van der Waals surface area contributed by atoms with Crippen LogP contribution in [0.25, 0.3) is 0 Å². The Morgan fingerprint density at radius 2 is 1.04 bits per heavy atom. The quantitative estimate of drug-likeness (QED) is 0.414. The fraction of sp³-hybridized carbons (Fsp3) is 0.818. The maximum atomic E-state index is 6.30. The second kappa shape index (κ2) is 8.94. The second-order valence-corrected chi connectivity index (χ2v) is 8.66.